The Bertz CT molecular complexity index is 434. The van der Waals surface area contributed by atoms with Gasteiger partial charge in [-0.25, -0.2) is 18.4 Å². The fourth-order valence-corrected chi connectivity index (χ4v) is 2.65. The zero-order valence-corrected chi connectivity index (χ0v) is 11.8. The summed E-state index contributed by atoms with van der Waals surface area (Å²) in [7, 11) is -2.87. The third-order valence-corrected chi connectivity index (χ3v) is 4.59. The van der Waals surface area contributed by atoms with Crippen LogP contribution >= 0.6 is 0 Å². The van der Waals surface area contributed by atoms with E-state index in [1.165, 1.54) is 6.33 Å². The number of hydrogen-bond donors (Lipinski definition) is 1. The molecule has 1 rings (SSSR count). The van der Waals surface area contributed by atoms with Gasteiger partial charge >= 0.3 is 0 Å². The summed E-state index contributed by atoms with van der Waals surface area (Å²) in [5, 5.41) is 3.32. The zero-order chi connectivity index (χ0) is 13.4. The van der Waals surface area contributed by atoms with Gasteiger partial charge in [0.1, 0.15) is 16.2 Å². The van der Waals surface area contributed by atoms with E-state index in [2.05, 4.69) is 15.3 Å². The molecule has 0 fully saturated rings. The van der Waals surface area contributed by atoms with Crippen LogP contribution in [-0.4, -0.2) is 36.4 Å². The minimum Gasteiger partial charge on any atom is -0.309 e. The van der Waals surface area contributed by atoms with Crippen molar-refractivity contribution in [3.05, 3.63) is 24.3 Å². The molecule has 18 heavy (non-hydrogen) atoms. The highest BCUT2D eigenvalue weighted by Crippen LogP contribution is 2.16. The Labute approximate surface area is 109 Å². The smallest absolute Gasteiger partial charge is 0.150 e. The quantitative estimate of drug-likeness (QED) is 0.772. The SMILES string of the molecule is CCNC(CCCS(=O)(=O)CC)c1ccncn1. The monoisotopic (exact) mass is 271 g/mol. The van der Waals surface area contributed by atoms with Crippen molar-refractivity contribution in [2.24, 2.45) is 0 Å². The van der Waals surface area contributed by atoms with Crippen molar-refractivity contribution >= 4 is 9.84 Å². The molecular weight excluding hydrogens is 250 g/mol. The van der Waals surface area contributed by atoms with E-state index in [4.69, 9.17) is 0 Å². The van der Waals surface area contributed by atoms with E-state index < -0.39 is 9.84 Å². The standard InChI is InChI=1S/C12H21N3O2S/c1-3-14-11(12-7-8-13-10-15-12)6-5-9-18(16,17)4-2/h7-8,10-11,14H,3-6,9H2,1-2H3. The van der Waals surface area contributed by atoms with Gasteiger partial charge in [0.15, 0.2) is 0 Å². The first-order chi connectivity index (χ1) is 8.59. The van der Waals surface area contributed by atoms with Gasteiger partial charge in [-0.1, -0.05) is 13.8 Å². The van der Waals surface area contributed by atoms with Gasteiger partial charge in [-0.3, -0.25) is 0 Å². The maximum absolute atomic E-state index is 11.4. The van der Waals surface area contributed by atoms with Gasteiger partial charge in [0.05, 0.1) is 11.4 Å². The molecule has 1 aromatic heterocycles. The zero-order valence-electron chi connectivity index (χ0n) is 11.0. The average Bonchev–Trinajstić information content (AvgIpc) is 2.39. The molecule has 0 aliphatic rings. The van der Waals surface area contributed by atoms with E-state index in [-0.39, 0.29) is 17.5 Å². The van der Waals surface area contributed by atoms with Gasteiger partial charge in [-0.05, 0) is 25.5 Å². The molecule has 1 atom stereocenters. The first-order valence-corrected chi connectivity index (χ1v) is 8.11. The summed E-state index contributed by atoms with van der Waals surface area (Å²) in [5.74, 6) is 0.461. The third-order valence-electron chi connectivity index (χ3n) is 2.80. The van der Waals surface area contributed by atoms with Crippen LogP contribution in [0.2, 0.25) is 0 Å². The molecule has 0 aromatic carbocycles. The van der Waals surface area contributed by atoms with Gasteiger partial charge < -0.3 is 5.32 Å². The summed E-state index contributed by atoms with van der Waals surface area (Å²) in [6.07, 6.45) is 4.64. The van der Waals surface area contributed by atoms with Crippen molar-refractivity contribution in [1.82, 2.24) is 15.3 Å². The van der Waals surface area contributed by atoms with E-state index in [1.54, 1.807) is 13.1 Å². The molecular formula is C12H21N3O2S. The molecule has 6 heteroatoms. The Balaban J connectivity index is 2.54. The van der Waals surface area contributed by atoms with Crippen molar-refractivity contribution in [2.45, 2.75) is 32.7 Å². The van der Waals surface area contributed by atoms with Gasteiger partial charge in [0.25, 0.3) is 0 Å². The fraction of sp³-hybridized carbons (Fsp3) is 0.667. The first kappa shape index (κ1) is 15.0. The van der Waals surface area contributed by atoms with E-state index >= 15 is 0 Å². The Hall–Kier alpha value is -1.01. The fourth-order valence-electron chi connectivity index (χ4n) is 1.76. The molecule has 0 aliphatic carbocycles. The van der Waals surface area contributed by atoms with Crippen LogP contribution in [0.5, 0.6) is 0 Å². The van der Waals surface area contributed by atoms with Crippen LogP contribution in [0.4, 0.5) is 0 Å². The molecule has 102 valence electrons. The van der Waals surface area contributed by atoms with Crippen LogP contribution < -0.4 is 5.32 Å². The van der Waals surface area contributed by atoms with E-state index in [1.807, 2.05) is 13.0 Å². The summed E-state index contributed by atoms with van der Waals surface area (Å²) < 4.78 is 22.9. The molecule has 1 heterocycles. The van der Waals surface area contributed by atoms with E-state index in [9.17, 15) is 8.42 Å². The molecule has 0 radical (unpaired) electrons. The molecule has 1 unspecified atom stereocenters. The van der Waals surface area contributed by atoms with Crippen LogP contribution in [0.3, 0.4) is 0 Å². The van der Waals surface area contributed by atoms with Crippen molar-refractivity contribution in [3.8, 4) is 0 Å². The highest BCUT2D eigenvalue weighted by Gasteiger charge is 2.13. The van der Waals surface area contributed by atoms with Crippen LogP contribution in [0, 0.1) is 0 Å². The maximum atomic E-state index is 11.4. The lowest BCUT2D eigenvalue weighted by atomic mass is 10.1. The number of sulfone groups is 1. The van der Waals surface area contributed by atoms with Gasteiger partial charge in [0.2, 0.25) is 0 Å². The second-order valence-electron chi connectivity index (χ2n) is 4.12. The molecule has 1 aromatic rings. The lowest BCUT2D eigenvalue weighted by Crippen LogP contribution is -2.23. The van der Waals surface area contributed by atoms with Crippen molar-refractivity contribution < 1.29 is 8.42 Å². The van der Waals surface area contributed by atoms with Crippen LogP contribution in [0.15, 0.2) is 18.6 Å². The normalized spacial score (nSPS) is 13.4. The molecule has 5 nitrogen and oxygen atoms in total. The van der Waals surface area contributed by atoms with Crippen molar-refractivity contribution in [2.75, 3.05) is 18.1 Å². The molecule has 0 saturated carbocycles. The van der Waals surface area contributed by atoms with E-state index in [0.29, 0.717) is 6.42 Å². The Morgan fingerprint density at radius 3 is 2.72 bits per heavy atom. The summed E-state index contributed by atoms with van der Waals surface area (Å²) in [4.78, 5) is 8.10. The molecule has 0 amide bonds. The number of rotatable bonds is 8. The molecule has 0 spiro atoms. The average molecular weight is 271 g/mol. The molecule has 0 aliphatic heterocycles. The topological polar surface area (TPSA) is 72.0 Å². The number of nitrogens with zero attached hydrogens (tertiary/aromatic N) is 2. The first-order valence-electron chi connectivity index (χ1n) is 6.28. The highest BCUT2D eigenvalue weighted by atomic mass is 32.2. The van der Waals surface area contributed by atoms with Crippen molar-refractivity contribution in [1.29, 1.82) is 0 Å². The second kappa shape index (κ2) is 7.43. The predicted octanol–water partition coefficient (Wildman–Crippen LogP) is 1.34. The summed E-state index contributed by atoms with van der Waals surface area (Å²) >= 11 is 0. The molecule has 0 bridgehead atoms. The Morgan fingerprint density at radius 1 is 1.39 bits per heavy atom. The summed E-state index contributed by atoms with van der Waals surface area (Å²) in [6.45, 7) is 4.54. The van der Waals surface area contributed by atoms with Gasteiger partial charge in [-0.15, -0.1) is 0 Å². The minimum absolute atomic E-state index is 0.102. The Morgan fingerprint density at radius 2 is 2.17 bits per heavy atom. The van der Waals surface area contributed by atoms with E-state index in [0.717, 1.165) is 18.7 Å². The molecule has 1 N–H and O–H groups in total. The largest absolute Gasteiger partial charge is 0.309 e. The number of aromatic nitrogens is 2. The minimum atomic E-state index is -2.87. The Kier molecular flexibility index (Phi) is 6.21. The summed E-state index contributed by atoms with van der Waals surface area (Å²) in [5.41, 5.74) is 0.917. The molecule has 0 saturated heterocycles. The maximum Gasteiger partial charge on any atom is 0.150 e. The lowest BCUT2D eigenvalue weighted by molar-refractivity contribution is 0.495. The van der Waals surface area contributed by atoms with Gasteiger partial charge in [0, 0.05) is 18.0 Å². The summed E-state index contributed by atoms with van der Waals surface area (Å²) in [6, 6.07) is 1.96. The van der Waals surface area contributed by atoms with Crippen LogP contribution in [0.25, 0.3) is 0 Å². The van der Waals surface area contributed by atoms with Crippen LogP contribution in [0.1, 0.15) is 38.4 Å². The van der Waals surface area contributed by atoms with Gasteiger partial charge in [-0.2, -0.15) is 0 Å². The van der Waals surface area contributed by atoms with Crippen LogP contribution in [-0.2, 0) is 9.84 Å². The third kappa shape index (κ3) is 5.10. The lowest BCUT2D eigenvalue weighted by Gasteiger charge is -2.16. The highest BCUT2D eigenvalue weighted by molar-refractivity contribution is 7.91. The predicted molar refractivity (Wildman–Crippen MR) is 72.0 cm³/mol. The van der Waals surface area contributed by atoms with Crippen molar-refractivity contribution in [3.63, 3.8) is 0 Å². The number of nitrogens with one attached hydrogen (secondary N) is 1. The number of hydrogen-bond acceptors (Lipinski definition) is 5. The second-order valence-corrected chi connectivity index (χ2v) is 6.60.